The van der Waals surface area contributed by atoms with E-state index in [0.29, 0.717) is 29.4 Å². The first-order chi connectivity index (χ1) is 9.62. The fourth-order valence-corrected chi connectivity index (χ4v) is 2.12. The van der Waals surface area contributed by atoms with Crippen molar-refractivity contribution in [3.05, 3.63) is 17.7 Å². The second kappa shape index (κ2) is 5.80. The van der Waals surface area contributed by atoms with Gasteiger partial charge in [-0.15, -0.1) is 0 Å². The number of benzene rings is 1. The molecule has 0 fully saturated rings. The molecule has 1 aromatic rings. The van der Waals surface area contributed by atoms with Crippen LogP contribution in [0.2, 0.25) is 0 Å². The van der Waals surface area contributed by atoms with E-state index in [0.717, 1.165) is 0 Å². The summed E-state index contributed by atoms with van der Waals surface area (Å²) in [7, 11) is 0. The molecule has 1 aliphatic heterocycles. The molecule has 1 N–H and O–H groups in total. The number of hydrogen-bond donors (Lipinski definition) is 1. The minimum absolute atomic E-state index is 0.0695. The van der Waals surface area contributed by atoms with Crippen LogP contribution in [0.15, 0.2) is 12.1 Å². The van der Waals surface area contributed by atoms with Crippen LogP contribution in [0.4, 0.5) is 5.69 Å². The Morgan fingerprint density at radius 3 is 2.90 bits per heavy atom. The molecule has 1 amide bonds. The van der Waals surface area contributed by atoms with Gasteiger partial charge in [-0.1, -0.05) is 0 Å². The lowest BCUT2D eigenvalue weighted by Gasteiger charge is -2.32. The minimum atomic E-state index is -0.671. The van der Waals surface area contributed by atoms with Gasteiger partial charge in [-0.2, -0.15) is 5.26 Å². The second-order valence-electron chi connectivity index (χ2n) is 4.38. The summed E-state index contributed by atoms with van der Waals surface area (Å²) < 4.78 is 11.1. The van der Waals surface area contributed by atoms with Gasteiger partial charge in [-0.05, 0) is 31.5 Å². The van der Waals surface area contributed by atoms with Gasteiger partial charge in [-0.25, -0.2) is 0 Å². The predicted octanol–water partition coefficient (Wildman–Crippen LogP) is 1.22. The summed E-state index contributed by atoms with van der Waals surface area (Å²) in [6.45, 7) is 3.65. The monoisotopic (exact) mass is 276 g/mol. The summed E-state index contributed by atoms with van der Waals surface area (Å²) in [5, 5.41) is 18.2. The van der Waals surface area contributed by atoms with Gasteiger partial charge in [0.05, 0.1) is 25.0 Å². The van der Waals surface area contributed by atoms with Crippen molar-refractivity contribution in [1.82, 2.24) is 0 Å². The molecule has 1 aromatic carbocycles. The second-order valence-corrected chi connectivity index (χ2v) is 4.38. The Morgan fingerprint density at radius 2 is 2.30 bits per heavy atom. The van der Waals surface area contributed by atoms with E-state index in [1.54, 1.807) is 19.1 Å². The number of hydrogen-bond acceptors (Lipinski definition) is 5. The number of amides is 1. The molecule has 0 saturated heterocycles. The smallest absolute Gasteiger partial charge is 0.268 e. The Bertz CT molecular complexity index is 565. The maximum atomic E-state index is 12.1. The van der Waals surface area contributed by atoms with Gasteiger partial charge < -0.3 is 14.6 Å². The van der Waals surface area contributed by atoms with Gasteiger partial charge in [0.2, 0.25) is 0 Å². The standard InChI is InChI=1S/C14H16N2O4/c1-3-19-12-7-10(8-17)6-11-13(12)20-9(2)14(18)16(11)5-4-15/h6-7,9,17H,3,5,8H2,1-2H3. The third kappa shape index (κ3) is 2.40. The number of nitrogens with zero attached hydrogens (tertiary/aromatic N) is 2. The van der Waals surface area contributed by atoms with Crippen molar-refractivity contribution in [2.24, 2.45) is 0 Å². The summed E-state index contributed by atoms with van der Waals surface area (Å²) in [5.41, 5.74) is 1.06. The molecule has 1 heterocycles. The minimum Gasteiger partial charge on any atom is -0.490 e. The van der Waals surface area contributed by atoms with Crippen molar-refractivity contribution in [2.75, 3.05) is 18.1 Å². The zero-order chi connectivity index (χ0) is 14.7. The molecule has 0 aromatic heterocycles. The molecule has 1 atom stereocenters. The molecule has 20 heavy (non-hydrogen) atoms. The van der Waals surface area contributed by atoms with E-state index in [1.165, 1.54) is 4.90 Å². The average molecular weight is 276 g/mol. The van der Waals surface area contributed by atoms with Crippen LogP contribution in [-0.2, 0) is 11.4 Å². The first-order valence-electron chi connectivity index (χ1n) is 6.37. The topological polar surface area (TPSA) is 82.8 Å². The van der Waals surface area contributed by atoms with Crippen molar-refractivity contribution < 1.29 is 19.4 Å². The summed E-state index contributed by atoms with van der Waals surface area (Å²) >= 11 is 0. The quantitative estimate of drug-likeness (QED) is 0.836. The molecule has 106 valence electrons. The lowest BCUT2D eigenvalue weighted by molar-refractivity contribution is -0.125. The Labute approximate surface area is 117 Å². The van der Waals surface area contributed by atoms with E-state index in [1.807, 2.05) is 13.0 Å². The van der Waals surface area contributed by atoms with E-state index >= 15 is 0 Å². The summed E-state index contributed by atoms with van der Waals surface area (Å²) in [6.07, 6.45) is -0.671. The normalized spacial score (nSPS) is 17.2. The largest absolute Gasteiger partial charge is 0.490 e. The Balaban J connectivity index is 2.57. The van der Waals surface area contributed by atoms with Crippen molar-refractivity contribution >= 4 is 11.6 Å². The predicted molar refractivity (Wildman–Crippen MR) is 71.6 cm³/mol. The zero-order valence-corrected chi connectivity index (χ0v) is 11.4. The van der Waals surface area contributed by atoms with Crippen LogP contribution in [-0.4, -0.2) is 30.3 Å². The molecule has 0 radical (unpaired) electrons. The molecule has 1 aliphatic rings. The molecular formula is C14H16N2O4. The number of aliphatic hydroxyl groups is 1. The van der Waals surface area contributed by atoms with Crippen molar-refractivity contribution in [3.8, 4) is 17.6 Å². The van der Waals surface area contributed by atoms with E-state index in [2.05, 4.69) is 0 Å². The first-order valence-corrected chi connectivity index (χ1v) is 6.37. The van der Waals surface area contributed by atoms with E-state index in [4.69, 9.17) is 14.7 Å². The van der Waals surface area contributed by atoms with Crippen LogP contribution in [0.25, 0.3) is 0 Å². The van der Waals surface area contributed by atoms with Gasteiger partial charge in [-0.3, -0.25) is 9.69 Å². The van der Waals surface area contributed by atoms with Crippen LogP contribution in [0, 0.1) is 11.3 Å². The van der Waals surface area contributed by atoms with Gasteiger partial charge in [0.15, 0.2) is 17.6 Å². The van der Waals surface area contributed by atoms with Crippen molar-refractivity contribution in [1.29, 1.82) is 5.26 Å². The molecule has 2 rings (SSSR count). The zero-order valence-electron chi connectivity index (χ0n) is 11.4. The van der Waals surface area contributed by atoms with E-state index < -0.39 is 6.10 Å². The third-order valence-electron chi connectivity index (χ3n) is 3.01. The van der Waals surface area contributed by atoms with Crippen LogP contribution < -0.4 is 14.4 Å². The highest BCUT2D eigenvalue weighted by Gasteiger charge is 2.33. The molecule has 1 unspecified atom stereocenters. The molecule has 0 saturated carbocycles. The number of aliphatic hydroxyl groups excluding tert-OH is 1. The van der Waals surface area contributed by atoms with Gasteiger partial charge in [0, 0.05) is 0 Å². The summed E-state index contributed by atoms with van der Waals surface area (Å²) in [4.78, 5) is 13.4. The molecule has 6 nitrogen and oxygen atoms in total. The number of carbonyl (C=O) groups is 1. The van der Waals surface area contributed by atoms with Crippen LogP contribution >= 0.6 is 0 Å². The van der Waals surface area contributed by atoms with Crippen LogP contribution in [0.5, 0.6) is 11.5 Å². The highest BCUT2D eigenvalue weighted by atomic mass is 16.5. The highest BCUT2D eigenvalue weighted by Crippen LogP contribution is 2.42. The number of nitriles is 1. The average Bonchev–Trinajstić information content (AvgIpc) is 2.44. The van der Waals surface area contributed by atoms with Crippen LogP contribution in [0.1, 0.15) is 19.4 Å². The third-order valence-corrected chi connectivity index (χ3v) is 3.01. The highest BCUT2D eigenvalue weighted by molar-refractivity contribution is 6.00. The number of fused-ring (bicyclic) bond motifs is 1. The maximum absolute atomic E-state index is 12.1. The first kappa shape index (κ1) is 14.2. The van der Waals surface area contributed by atoms with E-state index in [9.17, 15) is 9.90 Å². The van der Waals surface area contributed by atoms with Gasteiger partial charge in [0.1, 0.15) is 6.54 Å². The molecule has 0 spiro atoms. The van der Waals surface area contributed by atoms with Gasteiger partial charge >= 0.3 is 0 Å². The number of rotatable bonds is 4. The maximum Gasteiger partial charge on any atom is 0.268 e. The SMILES string of the molecule is CCOc1cc(CO)cc2c1OC(C)C(=O)N2CC#N. The summed E-state index contributed by atoms with van der Waals surface area (Å²) in [5.74, 6) is 0.624. The summed E-state index contributed by atoms with van der Waals surface area (Å²) in [6, 6.07) is 5.28. The Kier molecular flexibility index (Phi) is 4.11. The fourth-order valence-electron chi connectivity index (χ4n) is 2.12. The van der Waals surface area contributed by atoms with Crippen LogP contribution in [0.3, 0.4) is 0 Å². The Morgan fingerprint density at radius 1 is 1.55 bits per heavy atom. The van der Waals surface area contributed by atoms with E-state index in [-0.39, 0.29) is 19.1 Å². The fraction of sp³-hybridized carbons (Fsp3) is 0.429. The van der Waals surface area contributed by atoms with Crippen molar-refractivity contribution in [2.45, 2.75) is 26.6 Å². The van der Waals surface area contributed by atoms with Crippen molar-refractivity contribution in [3.63, 3.8) is 0 Å². The lowest BCUT2D eigenvalue weighted by Crippen LogP contribution is -2.44. The molecule has 0 aliphatic carbocycles. The Hall–Kier alpha value is -2.26. The number of anilines is 1. The molecule has 6 heteroatoms. The molecular weight excluding hydrogens is 260 g/mol. The van der Waals surface area contributed by atoms with Gasteiger partial charge in [0.25, 0.3) is 5.91 Å². The lowest BCUT2D eigenvalue weighted by atomic mass is 10.1. The molecule has 0 bridgehead atoms. The number of ether oxygens (including phenoxy) is 2. The number of carbonyl (C=O) groups excluding carboxylic acids is 1.